The molecule has 1 aliphatic heterocycles. The van der Waals surface area contributed by atoms with Gasteiger partial charge >= 0.3 is 0 Å². The van der Waals surface area contributed by atoms with E-state index in [1.54, 1.807) is 18.2 Å². The maximum absolute atomic E-state index is 13.3. The lowest BCUT2D eigenvalue weighted by molar-refractivity contribution is 0.0512. The summed E-state index contributed by atoms with van der Waals surface area (Å²) in [4.78, 5) is 5.15. The molecule has 17 heavy (non-hydrogen) atoms. The van der Waals surface area contributed by atoms with Crippen LogP contribution in [0.15, 0.2) is 29.4 Å². The molecule has 1 heterocycles. The summed E-state index contributed by atoms with van der Waals surface area (Å²) in [6.07, 6.45) is 2.03. The van der Waals surface area contributed by atoms with Crippen molar-refractivity contribution in [3.05, 3.63) is 35.6 Å². The fourth-order valence-electron chi connectivity index (χ4n) is 1.63. The molecule has 0 radical (unpaired) electrons. The molecule has 1 unspecified atom stereocenters. The molecule has 0 bridgehead atoms. The van der Waals surface area contributed by atoms with E-state index >= 15 is 0 Å². The molecule has 0 spiro atoms. The lowest BCUT2D eigenvalue weighted by Crippen LogP contribution is -2.19. The van der Waals surface area contributed by atoms with Gasteiger partial charge in [0, 0.05) is 5.56 Å². The predicted molar refractivity (Wildman–Crippen MR) is 63.3 cm³/mol. The Balaban J connectivity index is 1.78. The summed E-state index contributed by atoms with van der Waals surface area (Å²) in [5.41, 5.74) is 1.46. The number of rotatable bonds is 4. The minimum absolute atomic E-state index is 0.185. The van der Waals surface area contributed by atoms with Crippen LogP contribution >= 0.6 is 0 Å². The first-order valence-corrected chi connectivity index (χ1v) is 5.78. The molecule has 0 aromatic heterocycles. The normalized spacial score (nSPS) is 19.6. The predicted octanol–water partition coefficient (Wildman–Crippen LogP) is 2.90. The van der Waals surface area contributed by atoms with E-state index in [-0.39, 0.29) is 18.5 Å². The van der Waals surface area contributed by atoms with Crippen LogP contribution in [0.25, 0.3) is 0 Å². The van der Waals surface area contributed by atoms with E-state index in [1.165, 1.54) is 6.07 Å². The smallest absolute Gasteiger partial charge is 0.128 e. The fraction of sp³-hybridized carbons (Fsp3) is 0.462. The summed E-state index contributed by atoms with van der Waals surface area (Å²) in [6, 6.07) is 6.61. The highest BCUT2D eigenvalue weighted by atomic mass is 19.1. The molecule has 1 atom stereocenters. The van der Waals surface area contributed by atoms with E-state index < -0.39 is 0 Å². The molecule has 2 rings (SSSR count). The van der Waals surface area contributed by atoms with E-state index in [0.717, 1.165) is 18.6 Å². The van der Waals surface area contributed by atoms with Crippen LogP contribution in [0.5, 0.6) is 0 Å². The van der Waals surface area contributed by atoms with Crippen LogP contribution in [0.4, 0.5) is 4.39 Å². The summed E-state index contributed by atoms with van der Waals surface area (Å²) in [5, 5.41) is 3.96. The number of halogens is 1. The summed E-state index contributed by atoms with van der Waals surface area (Å²) < 4.78 is 18.7. The third kappa shape index (κ3) is 3.53. The molecule has 3 nitrogen and oxygen atoms in total. The molecule has 0 saturated heterocycles. The monoisotopic (exact) mass is 237 g/mol. The minimum Gasteiger partial charge on any atom is -0.393 e. The second kappa shape index (κ2) is 5.77. The lowest BCUT2D eigenvalue weighted by atomic mass is 10.1. The molecular weight excluding hydrogens is 221 g/mol. The Morgan fingerprint density at radius 1 is 1.41 bits per heavy atom. The molecule has 0 amide bonds. The van der Waals surface area contributed by atoms with Crippen molar-refractivity contribution in [3.8, 4) is 0 Å². The topological polar surface area (TPSA) is 30.8 Å². The van der Waals surface area contributed by atoms with Crippen LogP contribution in [0.3, 0.4) is 0 Å². The zero-order chi connectivity index (χ0) is 12.1. The van der Waals surface area contributed by atoms with Gasteiger partial charge in [-0.05, 0) is 25.8 Å². The van der Waals surface area contributed by atoms with Crippen LogP contribution in [0.2, 0.25) is 0 Å². The van der Waals surface area contributed by atoms with Crippen molar-refractivity contribution in [1.82, 2.24) is 0 Å². The molecule has 1 aliphatic rings. The Morgan fingerprint density at radius 2 is 2.24 bits per heavy atom. The van der Waals surface area contributed by atoms with E-state index in [2.05, 4.69) is 5.16 Å². The van der Waals surface area contributed by atoms with E-state index in [0.29, 0.717) is 12.2 Å². The zero-order valence-corrected chi connectivity index (χ0v) is 9.86. The number of hydrogen-bond acceptors (Lipinski definition) is 3. The van der Waals surface area contributed by atoms with Gasteiger partial charge in [0.1, 0.15) is 11.9 Å². The Kier molecular flexibility index (Phi) is 4.09. The molecular formula is C13H16FNO2. The zero-order valence-electron chi connectivity index (χ0n) is 9.86. The Labute approximate surface area is 100 Å². The van der Waals surface area contributed by atoms with Gasteiger partial charge < -0.3 is 9.57 Å². The van der Waals surface area contributed by atoms with Gasteiger partial charge in [0.15, 0.2) is 0 Å². The largest absolute Gasteiger partial charge is 0.393 e. The van der Waals surface area contributed by atoms with Gasteiger partial charge in [-0.25, -0.2) is 4.39 Å². The molecule has 1 aromatic carbocycles. The van der Waals surface area contributed by atoms with E-state index in [4.69, 9.17) is 9.57 Å². The second-order valence-electron chi connectivity index (χ2n) is 4.20. The van der Waals surface area contributed by atoms with Crippen LogP contribution in [-0.2, 0) is 16.2 Å². The molecule has 0 fully saturated rings. The highest BCUT2D eigenvalue weighted by Crippen LogP contribution is 2.12. The van der Waals surface area contributed by atoms with Gasteiger partial charge in [-0.15, -0.1) is 0 Å². The molecule has 0 N–H and O–H groups in total. The molecule has 0 saturated carbocycles. The number of oxime groups is 1. The van der Waals surface area contributed by atoms with Crippen molar-refractivity contribution in [3.63, 3.8) is 0 Å². The van der Waals surface area contributed by atoms with Crippen LogP contribution in [0.1, 0.15) is 25.3 Å². The standard InChI is InChI=1S/C13H16FNO2/c1-10-6-7-12(15-17-10)9-16-8-11-4-2-3-5-13(11)14/h2-5,10H,6-9H2,1H3. The van der Waals surface area contributed by atoms with Gasteiger partial charge in [-0.1, -0.05) is 23.4 Å². The van der Waals surface area contributed by atoms with E-state index in [9.17, 15) is 4.39 Å². The summed E-state index contributed by atoms with van der Waals surface area (Å²) >= 11 is 0. The number of nitrogens with zero attached hydrogens (tertiary/aromatic N) is 1. The van der Waals surface area contributed by atoms with Gasteiger partial charge in [0.05, 0.1) is 18.9 Å². The number of benzene rings is 1. The average Bonchev–Trinajstić information content (AvgIpc) is 2.34. The average molecular weight is 237 g/mol. The van der Waals surface area contributed by atoms with Crippen LogP contribution in [0, 0.1) is 5.82 Å². The SMILES string of the molecule is CC1CCC(COCc2ccccc2F)=NO1. The molecule has 92 valence electrons. The van der Waals surface area contributed by atoms with Gasteiger partial charge in [-0.2, -0.15) is 0 Å². The van der Waals surface area contributed by atoms with Crippen molar-refractivity contribution >= 4 is 5.71 Å². The molecule has 1 aromatic rings. The third-order valence-corrected chi connectivity index (χ3v) is 2.69. The van der Waals surface area contributed by atoms with Crippen LogP contribution in [-0.4, -0.2) is 18.4 Å². The van der Waals surface area contributed by atoms with Crippen molar-refractivity contribution < 1.29 is 14.0 Å². The summed E-state index contributed by atoms with van der Waals surface area (Å²) in [6.45, 7) is 2.66. The first-order chi connectivity index (χ1) is 8.25. The Hall–Kier alpha value is -1.42. The molecule has 4 heteroatoms. The second-order valence-corrected chi connectivity index (χ2v) is 4.20. The minimum atomic E-state index is -0.233. The fourth-order valence-corrected chi connectivity index (χ4v) is 1.63. The quantitative estimate of drug-likeness (QED) is 0.806. The maximum Gasteiger partial charge on any atom is 0.128 e. The summed E-state index contributed by atoms with van der Waals surface area (Å²) in [5.74, 6) is -0.233. The third-order valence-electron chi connectivity index (χ3n) is 2.69. The van der Waals surface area contributed by atoms with Gasteiger partial charge in [0.2, 0.25) is 0 Å². The van der Waals surface area contributed by atoms with E-state index in [1.807, 2.05) is 6.92 Å². The number of ether oxygens (including phenoxy) is 1. The highest BCUT2D eigenvalue weighted by molar-refractivity contribution is 5.85. The Bertz CT molecular complexity index is 406. The maximum atomic E-state index is 13.3. The van der Waals surface area contributed by atoms with Crippen molar-refractivity contribution in [1.29, 1.82) is 0 Å². The highest BCUT2D eigenvalue weighted by Gasteiger charge is 2.13. The van der Waals surface area contributed by atoms with Crippen molar-refractivity contribution in [2.75, 3.05) is 6.61 Å². The lowest BCUT2D eigenvalue weighted by Gasteiger charge is -2.17. The summed E-state index contributed by atoms with van der Waals surface area (Å²) in [7, 11) is 0. The number of hydrogen-bond donors (Lipinski definition) is 0. The molecule has 0 aliphatic carbocycles. The van der Waals surface area contributed by atoms with Crippen molar-refractivity contribution in [2.24, 2.45) is 5.16 Å². The Morgan fingerprint density at radius 3 is 2.94 bits per heavy atom. The van der Waals surface area contributed by atoms with Crippen molar-refractivity contribution in [2.45, 2.75) is 32.5 Å². The van der Waals surface area contributed by atoms with Crippen LogP contribution < -0.4 is 0 Å². The van der Waals surface area contributed by atoms with Gasteiger partial charge in [-0.3, -0.25) is 0 Å². The first kappa shape index (κ1) is 12.0. The van der Waals surface area contributed by atoms with Gasteiger partial charge in [0.25, 0.3) is 0 Å². The first-order valence-electron chi connectivity index (χ1n) is 5.78.